The number of carbonyl (C=O) groups excluding carboxylic acids is 1. The lowest BCUT2D eigenvalue weighted by Crippen LogP contribution is -2.39. The van der Waals surface area contributed by atoms with Crippen LogP contribution >= 0.6 is 11.8 Å². The number of H-pyrrole nitrogens is 1. The molecule has 120 valence electrons. The molecule has 23 heavy (non-hydrogen) atoms. The molecule has 6 nitrogen and oxygen atoms in total. The Morgan fingerprint density at radius 3 is 2.78 bits per heavy atom. The molecule has 2 aromatic rings. The van der Waals surface area contributed by atoms with Crippen molar-refractivity contribution in [3.63, 3.8) is 0 Å². The van der Waals surface area contributed by atoms with Gasteiger partial charge in [0.25, 0.3) is 5.56 Å². The van der Waals surface area contributed by atoms with Gasteiger partial charge in [0.15, 0.2) is 5.82 Å². The van der Waals surface area contributed by atoms with E-state index in [1.54, 1.807) is 25.3 Å². The van der Waals surface area contributed by atoms with Crippen molar-refractivity contribution in [3.8, 4) is 11.5 Å². The molecule has 0 bridgehead atoms. The lowest BCUT2D eigenvalue weighted by Gasteiger charge is -2.26. The average molecular weight is 330 g/mol. The maximum Gasteiger partial charge on any atom is 0.255 e. The summed E-state index contributed by atoms with van der Waals surface area (Å²) in [5.74, 6) is 2.33. The predicted molar refractivity (Wildman–Crippen MR) is 90.4 cm³/mol. The summed E-state index contributed by atoms with van der Waals surface area (Å²) in [4.78, 5) is 37.9. The minimum atomic E-state index is -0.266. The minimum absolute atomic E-state index is 0.00807. The number of aryl methyl sites for hydroxylation is 1. The molecule has 0 atom stereocenters. The minimum Gasteiger partial charge on any atom is -0.341 e. The zero-order valence-corrected chi connectivity index (χ0v) is 13.7. The summed E-state index contributed by atoms with van der Waals surface area (Å²) in [6.07, 6.45) is 1.75. The van der Waals surface area contributed by atoms with Crippen LogP contribution in [0, 0.1) is 6.92 Å². The quantitative estimate of drug-likeness (QED) is 0.916. The van der Waals surface area contributed by atoms with Crippen molar-refractivity contribution in [1.82, 2.24) is 19.9 Å². The van der Waals surface area contributed by atoms with Gasteiger partial charge in [-0.2, -0.15) is 11.8 Å². The average Bonchev–Trinajstić information content (AvgIpc) is 2.59. The van der Waals surface area contributed by atoms with Crippen molar-refractivity contribution < 1.29 is 4.79 Å². The Kier molecular flexibility index (Phi) is 4.76. The summed E-state index contributed by atoms with van der Waals surface area (Å²) in [5.41, 5.74) is 1.36. The first-order valence-corrected chi connectivity index (χ1v) is 8.67. The summed E-state index contributed by atoms with van der Waals surface area (Å²) < 4.78 is 0. The Morgan fingerprint density at radius 2 is 2.13 bits per heavy atom. The Hall–Kier alpha value is -2.15. The van der Waals surface area contributed by atoms with Gasteiger partial charge in [0, 0.05) is 42.0 Å². The molecule has 3 heterocycles. The van der Waals surface area contributed by atoms with Gasteiger partial charge in [-0.1, -0.05) is 6.07 Å². The molecule has 0 saturated carbocycles. The molecule has 1 N–H and O–H groups in total. The van der Waals surface area contributed by atoms with Crippen molar-refractivity contribution in [3.05, 3.63) is 46.0 Å². The van der Waals surface area contributed by atoms with E-state index in [0.717, 1.165) is 24.6 Å². The molecule has 0 radical (unpaired) electrons. The zero-order valence-electron chi connectivity index (χ0n) is 12.9. The molecule has 0 aromatic carbocycles. The van der Waals surface area contributed by atoms with Crippen molar-refractivity contribution in [2.75, 3.05) is 24.6 Å². The molecular formula is C16H18N4O2S. The standard InChI is InChI=1S/C16H18N4O2S/c1-11-12(10-14(21)20-6-8-23-9-7-20)16(22)19-15(18-11)13-4-2-3-5-17-13/h2-5H,6-10H2,1H3,(H,18,19,22). The number of hydrogen-bond donors (Lipinski definition) is 1. The second-order valence-corrected chi connectivity index (χ2v) is 6.59. The monoisotopic (exact) mass is 330 g/mol. The largest absolute Gasteiger partial charge is 0.341 e. The molecule has 0 aliphatic carbocycles. The number of nitrogens with one attached hydrogen (secondary N) is 1. The summed E-state index contributed by atoms with van der Waals surface area (Å²) in [5, 5.41) is 0. The smallest absolute Gasteiger partial charge is 0.255 e. The molecule has 1 saturated heterocycles. The van der Waals surface area contributed by atoms with Crippen LogP contribution in [0.5, 0.6) is 0 Å². The maximum absolute atomic E-state index is 12.4. The summed E-state index contributed by atoms with van der Waals surface area (Å²) in [7, 11) is 0. The third kappa shape index (κ3) is 3.61. The Bertz CT molecular complexity index is 754. The van der Waals surface area contributed by atoms with Gasteiger partial charge in [-0.15, -0.1) is 0 Å². The Balaban J connectivity index is 1.83. The molecule has 2 aromatic heterocycles. The van der Waals surface area contributed by atoms with Crippen LogP contribution in [-0.2, 0) is 11.2 Å². The van der Waals surface area contributed by atoms with Gasteiger partial charge < -0.3 is 9.88 Å². The number of nitrogens with zero attached hydrogens (tertiary/aromatic N) is 3. The van der Waals surface area contributed by atoms with Crippen LogP contribution < -0.4 is 5.56 Å². The van der Waals surface area contributed by atoms with E-state index >= 15 is 0 Å². The van der Waals surface area contributed by atoms with Crippen LogP contribution in [0.4, 0.5) is 0 Å². The van der Waals surface area contributed by atoms with Crippen LogP contribution in [0.2, 0.25) is 0 Å². The van der Waals surface area contributed by atoms with Crippen LogP contribution in [-0.4, -0.2) is 50.4 Å². The van der Waals surface area contributed by atoms with Crippen LogP contribution in [0.3, 0.4) is 0 Å². The van der Waals surface area contributed by atoms with Gasteiger partial charge >= 0.3 is 0 Å². The lowest BCUT2D eigenvalue weighted by molar-refractivity contribution is -0.130. The van der Waals surface area contributed by atoms with E-state index in [1.165, 1.54) is 0 Å². The fourth-order valence-electron chi connectivity index (χ4n) is 2.52. The van der Waals surface area contributed by atoms with E-state index in [0.29, 0.717) is 22.8 Å². The van der Waals surface area contributed by atoms with Gasteiger partial charge in [-0.25, -0.2) is 4.98 Å². The summed E-state index contributed by atoms with van der Waals surface area (Å²) in [6, 6.07) is 5.43. The topological polar surface area (TPSA) is 79.0 Å². The molecule has 3 rings (SSSR count). The van der Waals surface area contributed by atoms with E-state index in [-0.39, 0.29) is 17.9 Å². The lowest BCUT2D eigenvalue weighted by atomic mass is 10.1. The van der Waals surface area contributed by atoms with Crippen molar-refractivity contribution >= 4 is 17.7 Å². The number of carbonyl (C=O) groups is 1. The first kappa shape index (κ1) is 15.7. The number of amides is 1. The highest BCUT2D eigenvalue weighted by molar-refractivity contribution is 7.99. The maximum atomic E-state index is 12.4. The normalized spacial score (nSPS) is 14.7. The molecular weight excluding hydrogens is 312 g/mol. The van der Waals surface area contributed by atoms with Gasteiger partial charge in [0.05, 0.1) is 6.42 Å². The van der Waals surface area contributed by atoms with Gasteiger partial charge in [-0.05, 0) is 19.1 Å². The third-order valence-corrected chi connectivity index (χ3v) is 4.76. The van der Waals surface area contributed by atoms with E-state index in [2.05, 4.69) is 15.0 Å². The zero-order chi connectivity index (χ0) is 16.2. The van der Waals surface area contributed by atoms with E-state index in [9.17, 15) is 9.59 Å². The van der Waals surface area contributed by atoms with Crippen molar-refractivity contribution in [2.24, 2.45) is 0 Å². The van der Waals surface area contributed by atoms with Gasteiger partial charge in [0.1, 0.15) is 5.69 Å². The second kappa shape index (κ2) is 6.95. The van der Waals surface area contributed by atoms with Gasteiger partial charge in [0.2, 0.25) is 5.91 Å². The van der Waals surface area contributed by atoms with E-state index in [1.807, 2.05) is 22.7 Å². The fraction of sp³-hybridized carbons (Fsp3) is 0.375. The number of aromatic amines is 1. The van der Waals surface area contributed by atoms with E-state index in [4.69, 9.17) is 0 Å². The number of hydrogen-bond acceptors (Lipinski definition) is 5. The Labute approximate surface area is 138 Å². The molecule has 0 spiro atoms. The number of rotatable bonds is 3. The van der Waals surface area contributed by atoms with Crippen LogP contribution in [0.1, 0.15) is 11.3 Å². The summed E-state index contributed by atoms with van der Waals surface area (Å²) >= 11 is 1.85. The number of aromatic nitrogens is 3. The molecule has 7 heteroatoms. The Morgan fingerprint density at radius 1 is 1.35 bits per heavy atom. The highest BCUT2D eigenvalue weighted by atomic mass is 32.2. The highest BCUT2D eigenvalue weighted by Gasteiger charge is 2.20. The number of pyridine rings is 1. The van der Waals surface area contributed by atoms with Gasteiger partial charge in [-0.3, -0.25) is 14.6 Å². The van der Waals surface area contributed by atoms with E-state index < -0.39 is 0 Å². The van der Waals surface area contributed by atoms with Crippen molar-refractivity contribution in [2.45, 2.75) is 13.3 Å². The first-order valence-electron chi connectivity index (χ1n) is 7.52. The summed E-state index contributed by atoms with van der Waals surface area (Å²) in [6.45, 7) is 3.26. The first-order chi connectivity index (χ1) is 11.1. The second-order valence-electron chi connectivity index (χ2n) is 5.36. The highest BCUT2D eigenvalue weighted by Crippen LogP contribution is 2.13. The van der Waals surface area contributed by atoms with Crippen LogP contribution in [0.25, 0.3) is 11.5 Å². The molecule has 0 unspecified atom stereocenters. The van der Waals surface area contributed by atoms with Crippen molar-refractivity contribution in [1.29, 1.82) is 0 Å². The molecule has 1 aliphatic rings. The third-order valence-electron chi connectivity index (χ3n) is 3.82. The predicted octanol–water partition coefficient (Wildman–Crippen LogP) is 1.26. The fourth-order valence-corrected chi connectivity index (χ4v) is 3.42. The molecule has 1 amide bonds. The molecule has 1 fully saturated rings. The molecule has 1 aliphatic heterocycles. The number of thioether (sulfide) groups is 1. The van der Waals surface area contributed by atoms with Crippen LogP contribution in [0.15, 0.2) is 29.2 Å². The SMILES string of the molecule is Cc1nc(-c2ccccn2)[nH]c(=O)c1CC(=O)N1CCSCC1.